The van der Waals surface area contributed by atoms with Crippen LogP contribution in [-0.4, -0.2) is 94.8 Å². The van der Waals surface area contributed by atoms with Crippen molar-refractivity contribution in [2.45, 2.75) is 116 Å². The van der Waals surface area contributed by atoms with E-state index in [-0.39, 0.29) is 28.9 Å². The molecule has 2 unspecified atom stereocenters. The Kier molecular flexibility index (Phi) is 19.2. The van der Waals surface area contributed by atoms with Crippen molar-refractivity contribution in [1.82, 2.24) is 19.1 Å². The molecule has 70 heavy (non-hydrogen) atoms. The molecule has 2 atom stereocenters. The number of alkyl halides is 2. The topological polar surface area (TPSA) is 125 Å². The van der Waals surface area contributed by atoms with Gasteiger partial charge in [-0.25, -0.2) is 9.59 Å². The zero-order chi connectivity index (χ0) is 50.9. The summed E-state index contributed by atoms with van der Waals surface area (Å²) < 4.78 is 39.5. The highest BCUT2D eigenvalue weighted by Gasteiger charge is 2.52. The molecule has 3 fully saturated rings. The van der Waals surface area contributed by atoms with Crippen LogP contribution >= 0.6 is 39.1 Å². The molecular weight excluding hydrogens is 994 g/mol. The number of hydrogen-bond acceptors (Lipinski definition) is 10. The quantitative estimate of drug-likeness (QED) is 0.0826. The van der Waals surface area contributed by atoms with Gasteiger partial charge in [0, 0.05) is 107 Å². The van der Waals surface area contributed by atoms with E-state index in [1.54, 1.807) is 25.5 Å². The van der Waals surface area contributed by atoms with Crippen LogP contribution in [0.5, 0.6) is 0 Å². The highest BCUT2D eigenvalue weighted by atomic mass is 79.9. The SMILES string of the molecule is Brc1cccnc1.CC(Cl)Cl.COC(=O)c1c(C)n(C(C)C2CCOCC2)c2cc(-c3cccnc3)ccc12.COC(=O)c1c(C)n(C(C)C2CCOCC2)c2cc(B3OC(C)(C)C(C)(C)O3)ccc12. The van der Waals surface area contributed by atoms with Gasteiger partial charge in [0.15, 0.2) is 0 Å². The third-order valence-corrected chi connectivity index (χ3v) is 14.6. The molecule has 0 bridgehead atoms. The zero-order valence-electron chi connectivity index (χ0n) is 42.4. The lowest BCUT2D eigenvalue weighted by atomic mass is 9.78. The van der Waals surface area contributed by atoms with Gasteiger partial charge in [0.25, 0.3) is 0 Å². The van der Waals surface area contributed by atoms with E-state index in [4.69, 9.17) is 51.5 Å². The van der Waals surface area contributed by atoms with Gasteiger partial charge in [-0.1, -0.05) is 30.3 Å². The van der Waals surface area contributed by atoms with Crippen LogP contribution in [0, 0.1) is 25.7 Å². The molecule has 9 rings (SSSR count). The number of aromatic nitrogens is 4. The lowest BCUT2D eigenvalue weighted by Gasteiger charge is -2.32. The number of esters is 2. The Morgan fingerprint density at radius 1 is 0.686 bits per heavy atom. The number of rotatable bonds is 8. The van der Waals surface area contributed by atoms with Crippen molar-refractivity contribution in [3.05, 3.63) is 112 Å². The van der Waals surface area contributed by atoms with Gasteiger partial charge in [-0.3, -0.25) is 9.97 Å². The Balaban J connectivity index is 0.000000189. The second kappa shape index (κ2) is 24.4. The fourth-order valence-electron chi connectivity index (χ4n) is 9.66. The first-order valence-corrected chi connectivity index (χ1v) is 25.7. The maximum absolute atomic E-state index is 12.7. The summed E-state index contributed by atoms with van der Waals surface area (Å²) in [6.07, 6.45) is 11.2. The van der Waals surface area contributed by atoms with Crippen LogP contribution in [0.3, 0.4) is 0 Å². The summed E-state index contributed by atoms with van der Waals surface area (Å²) in [5, 5.41) is 1.85. The molecule has 0 amide bonds. The van der Waals surface area contributed by atoms with Crippen LogP contribution < -0.4 is 5.46 Å². The van der Waals surface area contributed by atoms with E-state index in [2.05, 4.69) is 101 Å². The van der Waals surface area contributed by atoms with E-state index in [0.717, 1.165) is 106 Å². The van der Waals surface area contributed by atoms with Crippen molar-refractivity contribution in [2.75, 3.05) is 40.6 Å². The molecule has 3 aliphatic rings. The summed E-state index contributed by atoms with van der Waals surface area (Å²) in [5.41, 5.74) is 7.59. The van der Waals surface area contributed by atoms with Gasteiger partial charge in [-0.15, -0.1) is 23.2 Å². The average molecular weight is 1060 g/mol. The van der Waals surface area contributed by atoms with Crippen molar-refractivity contribution in [3.63, 3.8) is 0 Å². The number of carbonyl (C=O) groups excluding carboxylic acids is 2. The second-order valence-corrected chi connectivity index (χ2v) is 21.5. The predicted molar refractivity (Wildman–Crippen MR) is 285 cm³/mol. The molecule has 4 aromatic heterocycles. The Bertz CT molecular complexity index is 2670. The van der Waals surface area contributed by atoms with Gasteiger partial charge >= 0.3 is 19.1 Å². The van der Waals surface area contributed by atoms with Gasteiger partial charge in [0.2, 0.25) is 0 Å². The molecule has 0 spiro atoms. The minimum Gasteiger partial charge on any atom is -0.465 e. The smallest absolute Gasteiger partial charge is 0.465 e. The van der Waals surface area contributed by atoms with Crippen molar-refractivity contribution >= 4 is 85.5 Å². The molecule has 3 saturated heterocycles. The van der Waals surface area contributed by atoms with Gasteiger partial charge in [0.05, 0.1) is 36.5 Å². The number of carbonyl (C=O) groups is 2. The van der Waals surface area contributed by atoms with Crippen LogP contribution in [0.15, 0.2) is 89.9 Å². The molecule has 12 nitrogen and oxygen atoms in total. The summed E-state index contributed by atoms with van der Waals surface area (Å²) in [5.74, 6) is 0.433. The maximum atomic E-state index is 12.7. The van der Waals surface area contributed by atoms with E-state index in [1.807, 2.05) is 56.4 Å². The third kappa shape index (κ3) is 12.7. The van der Waals surface area contributed by atoms with E-state index in [9.17, 15) is 9.59 Å². The molecular formula is C54H68BBrCl2N4O8. The maximum Gasteiger partial charge on any atom is 0.494 e. The molecule has 3 aliphatic heterocycles. The van der Waals surface area contributed by atoms with Crippen LogP contribution in [0.25, 0.3) is 32.9 Å². The zero-order valence-corrected chi connectivity index (χ0v) is 45.5. The van der Waals surface area contributed by atoms with Gasteiger partial charge in [0.1, 0.15) is 4.84 Å². The van der Waals surface area contributed by atoms with Crippen molar-refractivity contribution in [1.29, 1.82) is 0 Å². The number of benzene rings is 2. The van der Waals surface area contributed by atoms with Gasteiger partial charge in [-0.05, 0) is 157 Å². The monoisotopic (exact) mass is 1060 g/mol. The molecule has 0 saturated carbocycles. The van der Waals surface area contributed by atoms with E-state index in [0.29, 0.717) is 23.0 Å². The molecule has 0 N–H and O–H groups in total. The molecule has 7 heterocycles. The molecule has 2 aromatic carbocycles. The van der Waals surface area contributed by atoms with E-state index < -0.39 is 18.3 Å². The number of hydrogen-bond donors (Lipinski definition) is 0. The lowest BCUT2D eigenvalue weighted by molar-refractivity contribution is 0.00578. The fraction of sp³-hybridized carbons (Fsp3) is 0.481. The largest absolute Gasteiger partial charge is 0.494 e. The summed E-state index contributed by atoms with van der Waals surface area (Å²) in [4.78, 5) is 33.1. The number of methoxy groups -OCH3 is 2. The first kappa shape index (κ1) is 55.0. The number of fused-ring (bicyclic) bond motifs is 2. The highest BCUT2D eigenvalue weighted by molar-refractivity contribution is 9.10. The van der Waals surface area contributed by atoms with Gasteiger partial charge < -0.3 is 37.4 Å². The molecule has 0 aliphatic carbocycles. The summed E-state index contributed by atoms with van der Waals surface area (Å²) in [6.45, 7) is 21.6. The summed E-state index contributed by atoms with van der Waals surface area (Å²) >= 11 is 13.3. The number of pyridine rings is 2. The fourth-order valence-corrected chi connectivity index (χ4v) is 9.93. The van der Waals surface area contributed by atoms with Crippen LogP contribution in [-0.2, 0) is 28.3 Å². The molecule has 0 radical (unpaired) electrons. The molecule has 6 aromatic rings. The summed E-state index contributed by atoms with van der Waals surface area (Å²) in [7, 11) is 2.43. The normalized spacial score (nSPS) is 17.7. The Morgan fingerprint density at radius 3 is 1.53 bits per heavy atom. The van der Waals surface area contributed by atoms with Crippen LogP contribution in [0.2, 0.25) is 0 Å². The Morgan fingerprint density at radius 2 is 1.13 bits per heavy atom. The minimum absolute atomic E-state index is 0.222. The van der Waals surface area contributed by atoms with E-state index in [1.165, 1.54) is 14.2 Å². The third-order valence-electron chi connectivity index (χ3n) is 14.2. The van der Waals surface area contributed by atoms with Gasteiger partial charge in [-0.2, -0.15) is 0 Å². The van der Waals surface area contributed by atoms with Crippen LogP contribution in [0.1, 0.15) is 118 Å². The number of nitrogens with zero attached hydrogens (tertiary/aromatic N) is 4. The minimum atomic E-state index is -0.446. The Labute approximate surface area is 432 Å². The van der Waals surface area contributed by atoms with Crippen molar-refractivity contribution in [3.8, 4) is 11.1 Å². The standard InChI is InChI=1S/C24H34BNO5.C23H26N2O3.C5H4BrN.C2H4Cl2/c1-15(17-10-12-29-13-11-17)26-16(2)21(22(27)28-7)19-9-8-18(14-20(19)26)25-30-23(3,4)24(5,6)31-25;1-15(17-8-11-28-12-9-17)25-16(2)22(23(26)27-3)20-7-6-18(13-21(20)25)19-5-4-10-24-14-19;6-5-2-1-3-7-4-5;1-2(3)4/h8-9,14-15,17H,10-13H2,1-7H3;4-7,10,13-15,17H,8-9,11-12H2,1-3H3;1-4H;2H,1H3. The molecule has 16 heteroatoms. The number of halogens is 3. The molecule has 376 valence electrons. The predicted octanol–water partition coefficient (Wildman–Crippen LogP) is 12.5. The Hall–Kier alpha value is -4.28. The summed E-state index contributed by atoms with van der Waals surface area (Å²) in [6, 6.07) is 20.7. The second-order valence-electron chi connectivity index (χ2n) is 19.1. The van der Waals surface area contributed by atoms with Crippen molar-refractivity contribution < 1.29 is 37.8 Å². The van der Waals surface area contributed by atoms with Crippen molar-refractivity contribution in [2.24, 2.45) is 11.8 Å². The first-order valence-electron chi connectivity index (χ1n) is 24.0. The van der Waals surface area contributed by atoms with Crippen LogP contribution in [0.4, 0.5) is 0 Å². The van der Waals surface area contributed by atoms with E-state index >= 15 is 0 Å². The number of ether oxygens (including phenoxy) is 4. The highest BCUT2D eigenvalue weighted by Crippen LogP contribution is 2.40. The average Bonchev–Trinajstić information content (AvgIpc) is 3.91. The lowest BCUT2D eigenvalue weighted by Crippen LogP contribution is -2.41. The first-order chi connectivity index (χ1) is 33.3.